The quantitative estimate of drug-likeness (QED) is 0.903. The molecule has 4 nitrogen and oxygen atoms in total. The number of hydrogen-bond acceptors (Lipinski definition) is 3. The molecule has 0 radical (unpaired) electrons. The van der Waals surface area contributed by atoms with Crippen LogP contribution in [0.4, 0.5) is 0 Å². The predicted octanol–water partition coefficient (Wildman–Crippen LogP) is 2.47. The molecule has 1 atom stereocenters. The van der Waals surface area contributed by atoms with E-state index in [0.717, 1.165) is 35.7 Å². The molecular weight excluding hydrogens is 262 g/mol. The molecule has 1 aliphatic rings. The molecule has 0 amide bonds. The first kappa shape index (κ1) is 14.8. The van der Waals surface area contributed by atoms with Gasteiger partial charge in [-0.2, -0.15) is 5.10 Å². The van der Waals surface area contributed by atoms with Gasteiger partial charge in [0.05, 0.1) is 22.0 Å². The molecule has 0 bridgehead atoms. The van der Waals surface area contributed by atoms with Crippen LogP contribution in [0.25, 0.3) is 0 Å². The molecular formula is C14H24ClN3O. The molecule has 19 heavy (non-hydrogen) atoms. The maximum Gasteiger partial charge on any atom is 0.0847 e. The van der Waals surface area contributed by atoms with E-state index in [2.05, 4.69) is 10.4 Å². The summed E-state index contributed by atoms with van der Waals surface area (Å²) in [6, 6.07) is 0.271. The minimum absolute atomic E-state index is 0.0593. The van der Waals surface area contributed by atoms with E-state index < -0.39 is 0 Å². The Bertz CT molecular complexity index is 438. The van der Waals surface area contributed by atoms with E-state index >= 15 is 0 Å². The Kier molecular flexibility index (Phi) is 4.54. The minimum atomic E-state index is -0.0593. The van der Waals surface area contributed by atoms with Crippen molar-refractivity contribution in [2.75, 3.05) is 14.2 Å². The first-order valence-corrected chi connectivity index (χ1v) is 7.32. The van der Waals surface area contributed by atoms with E-state index in [0.29, 0.717) is 0 Å². The van der Waals surface area contributed by atoms with Gasteiger partial charge >= 0.3 is 0 Å². The first-order chi connectivity index (χ1) is 9.04. The second kappa shape index (κ2) is 5.81. The Hall–Kier alpha value is -0.580. The summed E-state index contributed by atoms with van der Waals surface area (Å²) < 4.78 is 7.76. The largest absolute Gasteiger partial charge is 0.377 e. The Balaban J connectivity index is 2.23. The fourth-order valence-corrected chi connectivity index (χ4v) is 3.55. The van der Waals surface area contributed by atoms with Crippen molar-refractivity contribution >= 4 is 11.6 Å². The van der Waals surface area contributed by atoms with Gasteiger partial charge in [0.2, 0.25) is 0 Å². The van der Waals surface area contributed by atoms with Crippen LogP contribution >= 0.6 is 11.6 Å². The number of nitrogens with one attached hydrogen (secondary N) is 1. The molecule has 1 heterocycles. The third kappa shape index (κ3) is 2.67. The average molecular weight is 286 g/mol. The number of likely N-dealkylation sites (N-methyl/N-ethyl adjacent to an activating group) is 1. The van der Waals surface area contributed by atoms with Crippen LogP contribution in [-0.4, -0.2) is 35.6 Å². The SMILES string of the molecule is CNC(Cc1c(Cl)c(C)nn1C)C1(OC)CCCC1. The number of nitrogens with zero attached hydrogens (tertiary/aromatic N) is 2. The standard InChI is InChI=1S/C14H24ClN3O/c1-10-13(15)11(18(3)17-10)9-12(16-2)14(19-4)7-5-6-8-14/h12,16H,5-9H2,1-4H3. The zero-order valence-electron chi connectivity index (χ0n) is 12.3. The second-order valence-corrected chi connectivity index (χ2v) is 5.87. The van der Waals surface area contributed by atoms with Crippen LogP contribution in [0, 0.1) is 6.92 Å². The van der Waals surface area contributed by atoms with Gasteiger partial charge in [-0.15, -0.1) is 0 Å². The third-order valence-corrected chi connectivity index (χ3v) is 4.99. The highest BCUT2D eigenvalue weighted by Gasteiger charge is 2.41. The number of ether oxygens (including phenoxy) is 1. The van der Waals surface area contributed by atoms with Gasteiger partial charge < -0.3 is 10.1 Å². The van der Waals surface area contributed by atoms with Gasteiger partial charge in [0, 0.05) is 26.6 Å². The molecule has 1 saturated carbocycles. The lowest BCUT2D eigenvalue weighted by Crippen LogP contribution is -2.50. The lowest BCUT2D eigenvalue weighted by Gasteiger charge is -2.36. The summed E-state index contributed by atoms with van der Waals surface area (Å²) in [5, 5.41) is 8.60. The first-order valence-electron chi connectivity index (χ1n) is 6.94. The van der Waals surface area contributed by atoms with Gasteiger partial charge in [-0.25, -0.2) is 0 Å². The van der Waals surface area contributed by atoms with E-state index in [1.54, 1.807) is 0 Å². The third-order valence-electron chi connectivity index (χ3n) is 4.50. The molecule has 1 unspecified atom stereocenters. The second-order valence-electron chi connectivity index (χ2n) is 5.49. The maximum atomic E-state index is 6.36. The van der Waals surface area contributed by atoms with Gasteiger partial charge in [-0.1, -0.05) is 24.4 Å². The molecule has 1 aliphatic carbocycles. The summed E-state index contributed by atoms with van der Waals surface area (Å²) in [5.41, 5.74) is 1.92. The van der Waals surface area contributed by atoms with E-state index in [1.807, 2.05) is 32.8 Å². The van der Waals surface area contributed by atoms with Crippen LogP contribution in [0.5, 0.6) is 0 Å². The Labute approximate surface area is 120 Å². The smallest absolute Gasteiger partial charge is 0.0847 e. The number of methoxy groups -OCH3 is 1. The molecule has 0 aliphatic heterocycles. The van der Waals surface area contributed by atoms with Gasteiger partial charge in [-0.05, 0) is 26.8 Å². The zero-order chi connectivity index (χ0) is 14.0. The summed E-state index contributed by atoms with van der Waals surface area (Å²) in [7, 11) is 5.78. The molecule has 0 spiro atoms. The monoisotopic (exact) mass is 285 g/mol. The molecule has 2 rings (SSSR count). The fraction of sp³-hybridized carbons (Fsp3) is 0.786. The lowest BCUT2D eigenvalue weighted by atomic mass is 9.88. The van der Waals surface area contributed by atoms with Crippen LogP contribution < -0.4 is 5.32 Å². The van der Waals surface area contributed by atoms with Gasteiger partial charge in [0.25, 0.3) is 0 Å². The zero-order valence-corrected chi connectivity index (χ0v) is 13.0. The van der Waals surface area contributed by atoms with Crippen molar-refractivity contribution < 1.29 is 4.74 Å². The molecule has 1 N–H and O–H groups in total. The molecule has 108 valence electrons. The van der Waals surface area contributed by atoms with Crippen molar-refractivity contribution in [3.8, 4) is 0 Å². The summed E-state index contributed by atoms with van der Waals surface area (Å²) in [4.78, 5) is 0. The molecule has 1 fully saturated rings. The summed E-state index contributed by atoms with van der Waals surface area (Å²) in [6.07, 6.45) is 5.56. The van der Waals surface area contributed by atoms with Crippen LogP contribution in [0.1, 0.15) is 37.1 Å². The Morgan fingerprint density at radius 2 is 2.11 bits per heavy atom. The number of halogens is 1. The average Bonchev–Trinajstić information content (AvgIpc) is 2.96. The van der Waals surface area contributed by atoms with Crippen LogP contribution in [0.3, 0.4) is 0 Å². The topological polar surface area (TPSA) is 39.1 Å². The van der Waals surface area contributed by atoms with Gasteiger partial charge in [-0.3, -0.25) is 4.68 Å². The fourth-order valence-electron chi connectivity index (χ4n) is 3.31. The van der Waals surface area contributed by atoms with Crippen molar-refractivity contribution in [2.24, 2.45) is 7.05 Å². The maximum absolute atomic E-state index is 6.36. The highest BCUT2D eigenvalue weighted by Crippen LogP contribution is 2.37. The number of aromatic nitrogens is 2. The van der Waals surface area contributed by atoms with Crippen molar-refractivity contribution in [1.29, 1.82) is 0 Å². The van der Waals surface area contributed by atoms with E-state index in [9.17, 15) is 0 Å². The van der Waals surface area contributed by atoms with E-state index in [-0.39, 0.29) is 11.6 Å². The minimum Gasteiger partial charge on any atom is -0.377 e. The predicted molar refractivity (Wildman–Crippen MR) is 77.7 cm³/mol. The lowest BCUT2D eigenvalue weighted by molar-refractivity contribution is -0.0340. The van der Waals surface area contributed by atoms with Crippen molar-refractivity contribution in [2.45, 2.75) is 50.7 Å². The number of hydrogen-bond donors (Lipinski definition) is 1. The Morgan fingerprint density at radius 1 is 1.47 bits per heavy atom. The summed E-state index contributed by atoms with van der Waals surface area (Å²) in [6.45, 7) is 1.95. The number of aryl methyl sites for hydroxylation is 2. The van der Waals surface area contributed by atoms with Crippen molar-refractivity contribution in [3.05, 3.63) is 16.4 Å². The van der Waals surface area contributed by atoms with Crippen molar-refractivity contribution in [1.82, 2.24) is 15.1 Å². The number of rotatable bonds is 5. The van der Waals surface area contributed by atoms with E-state index in [1.165, 1.54) is 12.8 Å². The normalized spacial score (nSPS) is 19.8. The summed E-state index contributed by atoms with van der Waals surface area (Å²) >= 11 is 6.36. The highest BCUT2D eigenvalue weighted by atomic mass is 35.5. The molecule has 0 aromatic carbocycles. The highest BCUT2D eigenvalue weighted by molar-refractivity contribution is 6.31. The van der Waals surface area contributed by atoms with Gasteiger partial charge in [0.1, 0.15) is 0 Å². The Morgan fingerprint density at radius 3 is 2.53 bits per heavy atom. The summed E-state index contributed by atoms with van der Waals surface area (Å²) in [5.74, 6) is 0. The molecule has 0 saturated heterocycles. The van der Waals surface area contributed by atoms with Crippen LogP contribution in [-0.2, 0) is 18.2 Å². The van der Waals surface area contributed by atoms with Crippen LogP contribution in [0.15, 0.2) is 0 Å². The van der Waals surface area contributed by atoms with Gasteiger partial charge in [0.15, 0.2) is 0 Å². The molecule has 5 heteroatoms. The molecule has 1 aromatic rings. The van der Waals surface area contributed by atoms with Crippen molar-refractivity contribution in [3.63, 3.8) is 0 Å². The van der Waals surface area contributed by atoms with E-state index in [4.69, 9.17) is 16.3 Å². The van der Waals surface area contributed by atoms with Crippen LogP contribution in [0.2, 0.25) is 5.02 Å². The molecule has 1 aromatic heterocycles.